The number of hydrogen-bond donors (Lipinski definition) is 2. The van der Waals surface area contributed by atoms with E-state index in [4.69, 9.17) is 0 Å². The van der Waals surface area contributed by atoms with Crippen LogP contribution in [0.1, 0.15) is 42.6 Å². The maximum atomic E-state index is 4.39. The Morgan fingerprint density at radius 3 is 3.00 bits per heavy atom. The van der Waals surface area contributed by atoms with Gasteiger partial charge in [0.1, 0.15) is 12.1 Å². The Morgan fingerprint density at radius 1 is 1.28 bits per heavy atom. The number of anilines is 1. The van der Waals surface area contributed by atoms with Crippen molar-refractivity contribution in [2.45, 2.75) is 38.6 Å². The molecule has 1 atom stereocenters. The van der Waals surface area contributed by atoms with Crippen LogP contribution < -0.4 is 5.32 Å². The Labute approximate surface area is 106 Å². The van der Waals surface area contributed by atoms with Gasteiger partial charge in [0.2, 0.25) is 0 Å². The number of aromatic nitrogens is 4. The lowest BCUT2D eigenvalue weighted by Gasteiger charge is -2.20. The molecule has 94 valence electrons. The molecule has 2 N–H and O–H groups in total. The molecule has 1 aliphatic carbocycles. The highest BCUT2D eigenvalue weighted by atomic mass is 15.1. The van der Waals surface area contributed by atoms with Crippen LogP contribution >= 0.6 is 0 Å². The van der Waals surface area contributed by atoms with Gasteiger partial charge in [-0.1, -0.05) is 0 Å². The maximum Gasteiger partial charge on any atom is 0.133 e. The van der Waals surface area contributed by atoms with Crippen LogP contribution in [0.15, 0.2) is 18.7 Å². The summed E-state index contributed by atoms with van der Waals surface area (Å²) in [4.78, 5) is 8.77. The Balaban J connectivity index is 1.84. The van der Waals surface area contributed by atoms with E-state index in [0.29, 0.717) is 0 Å². The second-order valence-electron chi connectivity index (χ2n) is 4.75. The standard InChI is InChI=1S/C13H17N5/c1-9(10-6-16-17-7-10)18-13-11-4-2-3-5-12(11)14-8-15-13/h6-9H,2-5H2,1H3,(H,16,17)(H,14,15,18). The topological polar surface area (TPSA) is 66.5 Å². The van der Waals surface area contributed by atoms with Crippen molar-refractivity contribution in [1.29, 1.82) is 0 Å². The zero-order valence-corrected chi connectivity index (χ0v) is 10.5. The van der Waals surface area contributed by atoms with E-state index in [9.17, 15) is 0 Å². The van der Waals surface area contributed by atoms with Crippen LogP contribution in [0.2, 0.25) is 0 Å². The highest BCUT2D eigenvalue weighted by molar-refractivity contribution is 5.48. The second kappa shape index (κ2) is 4.76. The van der Waals surface area contributed by atoms with Crippen molar-refractivity contribution >= 4 is 5.82 Å². The number of aromatic amines is 1. The minimum absolute atomic E-state index is 0.199. The van der Waals surface area contributed by atoms with Crippen LogP contribution in [0, 0.1) is 0 Å². The molecule has 0 radical (unpaired) electrons. The molecule has 18 heavy (non-hydrogen) atoms. The summed E-state index contributed by atoms with van der Waals surface area (Å²) in [5.41, 5.74) is 3.63. The van der Waals surface area contributed by atoms with Crippen molar-refractivity contribution in [1.82, 2.24) is 20.2 Å². The zero-order chi connectivity index (χ0) is 12.4. The fraction of sp³-hybridized carbons (Fsp3) is 0.462. The molecule has 0 bridgehead atoms. The predicted octanol–water partition coefficient (Wildman–Crippen LogP) is 2.25. The van der Waals surface area contributed by atoms with Gasteiger partial charge in [-0.3, -0.25) is 5.10 Å². The van der Waals surface area contributed by atoms with E-state index >= 15 is 0 Å². The minimum atomic E-state index is 0.199. The molecule has 2 aromatic heterocycles. The van der Waals surface area contributed by atoms with Crippen molar-refractivity contribution in [2.75, 3.05) is 5.32 Å². The normalized spacial score (nSPS) is 16.1. The van der Waals surface area contributed by atoms with Crippen molar-refractivity contribution < 1.29 is 0 Å². The minimum Gasteiger partial charge on any atom is -0.363 e. The van der Waals surface area contributed by atoms with E-state index in [0.717, 1.165) is 24.2 Å². The average Bonchev–Trinajstić information content (AvgIpc) is 2.93. The largest absolute Gasteiger partial charge is 0.363 e. The van der Waals surface area contributed by atoms with Gasteiger partial charge < -0.3 is 5.32 Å². The zero-order valence-electron chi connectivity index (χ0n) is 10.5. The highest BCUT2D eigenvalue weighted by Crippen LogP contribution is 2.26. The fourth-order valence-electron chi connectivity index (χ4n) is 2.43. The number of rotatable bonds is 3. The monoisotopic (exact) mass is 243 g/mol. The Morgan fingerprint density at radius 2 is 2.17 bits per heavy atom. The summed E-state index contributed by atoms with van der Waals surface area (Å²) in [5, 5.41) is 10.3. The lowest BCUT2D eigenvalue weighted by molar-refractivity contribution is 0.661. The van der Waals surface area contributed by atoms with Crippen molar-refractivity contribution in [3.8, 4) is 0 Å². The summed E-state index contributed by atoms with van der Waals surface area (Å²) in [5.74, 6) is 0.980. The molecule has 0 amide bonds. The second-order valence-corrected chi connectivity index (χ2v) is 4.75. The molecular formula is C13H17N5. The number of H-pyrrole nitrogens is 1. The molecule has 0 aromatic carbocycles. The third-order valence-electron chi connectivity index (χ3n) is 3.50. The SMILES string of the molecule is CC(Nc1ncnc2c1CCCC2)c1cn[nH]c1. The van der Waals surface area contributed by atoms with Crippen molar-refractivity contribution in [3.63, 3.8) is 0 Å². The Kier molecular flexibility index (Phi) is 2.96. The third-order valence-corrected chi connectivity index (χ3v) is 3.50. The van der Waals surface area contributed by atoms with E-state index in [-0.39, 0.29) is 6.04 Å². The summed E-state index contributed by atoms with van der Waals surface area (Å²) in [6, 6.07) is 0.199. The van der Waals surface area contributed by atoms with Gasteiger partial charge in [0.05, 0.1) is 12.2 Å². The maximum absolute atomic E-state index is 4.39. The van der Waals surface area contributed by atoms with Crippen LogP contribution in [0.25, 0.3) is 0 Å². The molecule has 1 unspecified atom stereocenters. The van der Waals surface area contributed by atoms with E-state index in [1.807, 2.05) is 12.4 Å². The lowest BCUT2D eigenvalue weighted by atomic mass is 9.96. The summed E-state index contributed by atoms with van der Waals surface area (Å²) in [6.45, 7) is 2.11. The molecule has 0 saturated carbocycles. The lowest BCUT2D eigenvalue weighted by Crippen LogP contribution is -2.14. The molecule has 5 heteroatoms. The third kappa shape index (κ3) is 2.08. The van der Waals surface area contributed by atoms with Crippen LogP contribution in [0.3, 0.4) is 0 Å². The van der Waals surface area contributed by atoms with Crippen LogP contribution in [-0.2, 0) is 12.8 Å². The van der Waals surface area contributed by atoms with Gasteiger partial charge in [-0.2, -0.15) is 5.10 Å². The summed E-state index contributed by atoms with van der Waals surface area (Å²) in [7, 11) is 0. The van der Waals surface area contributed by atoms with Crippen LogP contribution in [0.5, 0.6) is 0 Å². The van der Waals surface area contributed by atoms with E-state index < -0.39 is 0 Å². The molecule has 1 aliphatic rings. The van der Waals surface area contributed by atoms with E-state index in [2.05, 4.69) is 32.4 Å². The molecule has 0 spiro atoms. The Bertz CT molecular complexity index is 520. The molecule has 0 saturated heterocycles. The number of nitrogens with zero attached hydrogens (tertiary/aromatic N) is 3. The molecular weight excluding hydrogens is 226 g/mol. The highest BCUT2D eigenvalue weighted by Gasteiger charge is 2.17. The van der Waals surface area contributed by atoms with Crippen molar-refractivity contribution in [3.05, 3.63) is 35.5 Å². The smallest absolute Gasteiger partial charge is 0.133 e. The van der Waals surface area contributed by atoms with Gasteiger partial charge >= 0.3 is 0 Å². The van der Waals surface area contributed by atoms with Gasteiger partial charge in [-0.25, -0.2) is 9.97 Å². The van der Waals surface area contributed by atoms with Gasteiger partial charge in [0.25, 0.3) is 0 Å². The number of fused-ring (bicyclic) bond motifs is 1. The first-order chi connectivity index (χ1) is 8.84. The first-order valence-electron chi connectivity index (χ1n) is 6.42. The molecule has 3 rings (SSSR count). The summed E-state index contributed by atoms with van der Waals surface area (Å²) < 4.78 is 0. The molecule has 0 aliphatic heterocycles. The molecule has 0 fully saturated rings. The fourth-order valence-corrected chi connectivity index (χ4v) is 2.43. The van der Waals surface area contributed by atoms with Gasteiger partial charge in [0, 0.05) is 23.0 Å². The molecule has 2 heterocycles. The summed E-state index contributed by atoms with van der Waals surface area (Å²) in [6.07, 6.45) is 10.0. The quantitative estimate of drug-likeness (QED) is 0.867. The van der Waals surface area contributed by atoms with Gasteiger partial charge in [-0.05, 0) is 32.6 Å². The van der Waals surface area contributed by atoms with E-state index in [1.165, 1.54) is 24.1 Å². The number of nitrogens with one attached hydrogen (secondary N) is 2. The van der Waals surface area contributed by atoms with E-state index in [1.54, 1.807) is 6.33 Å². The van der Waals surface area contributed by atoms with Crippen molar-refractivity contribution in [2.24, 2.45) is 0 Å². The predicted molar refractivity (Wildman–Crippen MR) is 69.3 cm³/mol. The average molecular weight is 243 g/mol. The number of aryl methyl sites for hydroxylation is 1. The first-order valence-corrected chi connectivity index (χ1v) is 6.42. The van der Waals surface area contributed by atoms with Crippen LogP contribution in [-0.4, -0.2) is 20.2 Å². The van der Waals surface area contributed by atoms with Gasteiger partial charge in [0.15, 0.2) is 0 Å². The summed E-state index contributed by atoms with van der Waals surface area (Å²) >= 11 is 0. The Hall–Kier alpha value is -1.91. The van der Waals surface area contributed by atoms with Gasteiger partial charge in [-0.15, -0.1) is 0 Å². The molecule has 2 aromatic rings. The first kappa shape index (κ1) is 11.2. The van der Waals surface area contributed by atoms with Crippen LogP contribution in [0.4, 0.5) is 5.82 Å². The molecule has 5 nitrogen and oxygen atoms in total. The number of hydrogen-bond acceptors (Lipinski definition) is 4.